The molecule has 0 aromatic heterocycles. The molecule has 2 heterocycles. The molecule has 4 heteroatoms. The predicted molar refractivity (Wildman–Crippen MR) is 71.7 cm³/mol. The van der Waals surface area contributed by atoms with Gasteiger partial charge < -0.3 is 9.64 Å². The molecule has 0 aliphatic carbocycles. The van der Waals surface area contributed by atoms with Crippen molar-refractivity contribution in [1.29, 1.82) is 0 Å². The fraction of sp³-hybridized carbons (Fsp3) is 0.714. The molecule has 0 radical (unpaired) electrons. The number of hydrogen-bond acceptors (Lipinski definition) is 3. The third kappa shape index (κ3) is 3.34. The van der Waals surface area contributed by atoms with Crippen molar-refractivity contribution in [2.45, 2.75) is 45.6 Å². The van der Waals surface area contributed by atoms with Crippen molar-refractivity contribution in [1.82, 2.24) is 4.90 Å². The zero-order valence-corrected chi connectivity index (χ0v) is 11.5. The van der Waals surface area contributed by atoms with Crippen molar-refractivity contribution in [3.05, 3.63) is 11.8 Å². The molecule has 2 aliphatic heterocycles. The van der Waals surface area contributed by atoms with Gasteiger partial charge in [-0.15, -0.1) is 0 Å². The molecule has 1 saturated heterocycles. The van der Waals surface area contributed by atoms with Gasteiger partial charge >= 0.3 is 6.09 Å². The lowest BCUT2D eigenvalue weighted by Crippen LogP contribution is -2.41. The van der Waals surface area contributed by atoms with Crippen LogP contribution in [-0.4, -0.2) is 35.9 Å². The molecule has 4 nitrogen and oxygen atoms in total. The largest absolute Gasteiger partial charge is 0.444 e. The smallest absolute Gasteiger partial charge is 0.410 e. The van der Waals surface area contributed by atoms with Gasteiger partial charge in [-0.2, -0.15) is 0 Å². The van der Waals surface area contributed by atoms with Gasteiger partial charge in [-0.1, -0.05) is 6.08 Å². The first-order valence-corrected chi connectivity index (χ1v) is 6.66. The van der Waals surface area contributed by atoms with Gasteiger partial charge in [-0.3, -0.25) is 4.99 Å². The summed E-state index contributed by atoms with van der Waals surface area (Å²) in [6.07, 6.45) is 6.89. The van der Waals surface area contributed by atoms with Crippen molar-refractivity contribution in [3.8, 4) is 0 Å². The van der Waals surface area contributed by atoms with Crippen LogP contribution in [0.2, 0.25) is 0 Å². The zero-order valence-electron chi connectivity index (χ0n) is 11.5. The minimum Gasteiger partial charge on any atom is -0.444 e. The normalized spacial score (nSPS) is 21.1. The van der Waals surface area contributed by atoms with E-state index in [4.69, 9.17) is 4.74 Å². The summed E-state index contributed by atoms with van der Waals surface area (Å²) in [6.45, 7) is 7.24. The molecule has 100 valence electrons. The number of rotatable bonds is 1. The van der Waals surface area contributed by atoms with Gasteiger partial charge in [0.2, 0.25) is 0 Å². The summed E-state index contributed by atoms with van der Waals surface area (Å²) in [7, 11) is 0. The third-order valence-corrected chi connectivity index (χ3v) is 3.24. The molecule has 0 atom stereocenters. The molecule has 0 N–H and O–H groups in total. The monoisotopic (exact) mass is 250 g/mol. The highest BCUT2D eigenvalue weighted by molar-refractivity contribution is 5.68. The average molecular weight is 250 g/mol. The fourth-order valence-corrected chi connectivity index (χ4v) is 2.34. The van der Waals surface area contributed by atoms with Gasteiger partial charge in [0, 0.05) is 37.3 Å². The quantitative estimate of drug-likeness (QED) is 0.718. The van der Waals surface area contributed by atoms with Gasteiger partial charge in [-0.05, 0) is 33.6 Å². The number of amides is 1. The highest BCUT2D eigenvalue weighted by Gasteiger charge is 2.28. The molecule has 0 unspecified atom stereocenters. The fourth-order valence-electron chi connectivity index (χ4n) is 2.34. The number of aliphatic imine (C=N–C) groups is 1. The second kappa shape index (κ2) is 5.12. The van der Waals surface area contributed by atoms with E-state index in [0.29, 0.717) is 5.92 Å². The lowest BCUT2D eigenvalue weighted by molar-refractivity contribution is 0.0194. The standard InChI is InChI=1S/C14H22N2O2/c1-14(2,3)18-13(17)16-9-6-11(7-10-16)12-5-4-8-15-12/h5,8,11H,4,6-7,9-10H2,1-3H3. The maximum atomic E-state index is 11.9. The summed E-state index contributed by atoms with van der Waals surface area (Å²) in [4.78, 5) is 18.1. The van der Waals surface area contributed by atoms with Gasteiger partial charge in [0.25, 0.3) is 0 Å². The van der Waals surface area contributed by atoms with Crippen LogP contribution in [0.1, 0.15) is 40.0 Å². The number of likely N-dealkylation sites (tertiary alicyclic amines) is 1. The maximum absolute atomic E-state index is 11.9. The van der Waals surface area contributed by atoms with E-state index >= 15 is 0 Å². The summed E-state index contributed by atoms with van der Waals surface area (Å²) in [5.74, 6) is 0.516. The number of hydrogen-bond donors (Lipinski definition) is 0. The number of piperidine rings is 1. The third-order valence-electron chi connectivity index (χ3n) is 3.24. The molecule has 18 heavy (non-hydrogen) atoms. The Morgan fingerprint density at radius 3 is 2.56 bits per heavy atom. The lowest BCUT2D eigenvalue weighted by atomic mass is 9.94. The summed E-state index contributed by atoms with van der Waals surface area (Å²) in [5, 5.41) is 0. The molecule has 0 saturated carbocycles. The van der Waals surface area contributed by atoms with E-state index in [1.807, 2.05) is 27.0 Å². The van der Waals surface area contributed by atoms with Crippen LogP contribution < -0.4 is 0 Å². The molecule has 1 amide bonds. The van der Waals surface area contributed by atoms with E-state index in [1.54, 1.807) is 4.90 Å². The Kier molecular flexibility index (Phi) is 3.73. The van der Waals surface area contributed by atoms with Crippen LogP contribution >= 0.6 is 0 Å². The molecule has 0 spiro atoms. The predicted octanol–water partition coefficient (Wildman–Crippen LogP) is 2.99. The van der Waals surface area contributed by atoms with Crippen molar-refractivity contribution >= 4 is 12.3 Å². The first-order chi connectivity index (χ1) is 8.46. The Hall–Kier alpha value is -1.32. The van der Waals surface area contributed by atoms with Crippen LogP contribution in [0.5, 0.6) is 0 Å². The number of ether oxygens (including phenoxy) is 1. The van der Waals surface area contributed by atoms with Crippen LogP contribution in [0, 0.1) is 5.92 Å². The Morgan fingerprint density at radius 1 is 1.39 bits per heavy atom. The highest BCUT2D eigenvalue weighted by Crippen LogP contribution is 2.28. The summed E-state index contributed by atoms with van der Waals surface area (Å²) >= 11 is 0. The SMILES string of the molecule is CC(C)(C)OC(=O)N1CCC(C2=CCC=N2)CC1. The van der Waals surface area contributed by atoms with Crippen molar-refractivity contribution in [3.63, 3.8) is 0 Å². The van der Waals surface area contributed by atoms with Crippen LogP contribution in [0.4, 0.5) is 4.79 Å². The number of nitrogens with zero attached hydrogens (tertiary/aromatic N) is 2. The van der Waals surface area contributed by atoms with E-state index < -0.39 is 5.60 Å². The lowest BCUT2D eigenvalue weighted by Gasteiger charge is -2.33. The van der Waals surface area contributed by atoms with E-state index in [2.05, 4.69) is 11.1 Å². The summed E-state index contributed by atoms with van der Waals surface area (Å²) in [6, 6.07) is 0. The second-order valence-corrected chi connectivity index (χ2v) is 5.92. The average Bonchev–Trinajstić information content (AvgIpc) is 2.80. The Labute approximate surface area is 109 Å². The first-order valence-electron chi connectivity index (χ1n) is 6.66. The van der Waals surface area contributed by atoms with Crippen LogP contribution in [0.25, 0.3) is 0 Å². The molecule has 2 aliphatic rings. The van der Waals surface area contributed by atoms with E-state index in [1.165, 1.54) is 5.70 Å². The molecule has 1 fully saturated rings. The van der Waals surface area contributed by atoms with Crippen molar-refractivity contribution in [2.24, 2.45) is 10.9 Å². The Morgan fingerprint density at radius 2 is 2.06 bits per heavy atom. The summed E-state index contributed by atoms with van der Waals surface area (Å²) in [5.41, 5.74) is 0.797. The van der Waals surface area contributed by atoms with Gasteiger partial charge in [0.15, 0.2) is 0 Å². The maximum Gasteiger partial charge on any atom is 0.410 e. The molecule has 0 bridgehead atoms. The summed E-state index contributed by atoms with van der Waals surface area (Å²) < 4.78 is 5.38. The van der Waals surface area contributed by atoms with Crippen molar-refractivity contribution < 1.29 is 9.53 Å². The van der Waals surface area contributed by atoms with E-state index in [-0.39, 0.29) is 6.09 Å². The zero-order chi connectivity index (χ0) is 13.2. The number of allylic oxidation sites excluding steroid dienone is 2. The van der Waals surface area contributed by atoms with Gasteiger partial charge in [0.05, 0.1) is 0 Å². The van der Waals surface area contributed by atoms with Crippen LogP contribution in [-0.2, 0) is 4.74 Å². The Balaban J connectivity index is 1.83. The topological polar surface area (TPSA) is 41.9 Å². The molecule has 2 rings (SSSR count). The van der Waals surface area contributed by atoms with Crippen LogP contribution in [0.3, 0.4) is 0 Å². The highest BCUT2D eigenvalue weighted by atomic mass is 16.6. The number of carbonyl (C=O) groups is 1. The second-order valence-electron chi connectivity index (χ2n) is 5.92. The Bertz CT molecular complexity index is 372. The first kappa shape index (κ1) is 13.1. The van der Waals surface area contributed by atoms with Crippen molar-refractivity contribution in [2.75, 3.05) is 13.1 Å². The van der Waals surface area contributed by atoms with Crippen LogP contribution in [0.15, 0.2) is 16.8 Å². The molecule has 0 aromatic rings. The van der Waals surface area contributed by atoms with E-state index in [9.17, 15) is 4.79 Å². The molecule has 0 aromatic carbocycles. The van der Waals surface area contributed by atoms with E-state index in [0.717, 1.165) is 32.4 Å². The van der Waals surface area contributed by atoms with Gasteiger partial charge in [-0.25, -0.2) is 4.79 Å². The minimum absolute atomic E-state index is 0.190. The number of carbonyl (C=O) groups excluding carboxylic acids is 1. The molecular formula is C14H22N2O2. The molecular weight excluding hydrogens is 228 g/mol. The minimum atomic E-state index is -0.411. The van der Waals surface area contributed by atoms with Gasteiger partial charge in [0.1, 0.15) is 5.60 Å².